The summed E-state index contributed by atoms with van der Waals surface area (Å²) in [6, 6.07) is 6.58. The SMILES string of the molecule is CCCCC1=Cc2cc(Br)ccc2C1. The summed E-state index contributed by atoms with van der Waals surface area (Å²) in [7, 11) is 0. The molecule has 0 N–H and O–H groups in total. The van der Waals surface area contributed by atoms with E-state index in [-0.39, 0.29) is 0 Å². The van der Waals surface area contributed by atoms with Gasteiger partial charge < -0.3 is 0 Å². The fraction of sp³-hybridized carbons (Fsp3) is 0.385. The zero-order valence-corrected chi connectivity index (χ0v) is 10.1. The van der Waals surface area contributed by atoms with Crippen LogP contribution in [0.15, 0.2) is 28.2 Å². The molecular formula is C13H15Br. The first-order valence-corrected chi connectivity index (χ1v) is 6.07. The molecule has 0 radical (unpaired) electrons. The normalized spacial score (nSPS) is 14.0. The highest BCUT2D eigenvalue weighted by Crippen LogP contribution is 2.29. The smallest absolute Gasteiger partial charge is 0.0181 e. The minimum Gasteiger partial charge on any atom is -0.0654 e. The maximum atomic E-state index is 3.51. The van der Waals surface area contributed by atoms with Gasteiger partial charge >= 0.3 is 0 Å². The van der Waals surface area contributed by atoms with E-state index in [2.05, 4.69) is 47.1 Å². The molecular weight excluding hydrogens is 236 g/mol. The lowest BCUT2D eigenvalue weighted by Gasteiger charge is -1.99. The molecule has 2 rings (SSSR count). The highest BCUT2D eigenvalue weighted by Gasteiger charge is 2.11. The Morgan fingerprint density at radius 1 is 1.36 bits per heavy atom. The summed E-state index contributed by atoms with van der Waals surface area (Å²) >= 11 is 3.51. The van der Waals surface area contributed by atoms with E-state index in [1.807, 2.05) is 0 Å². The number of hydrogen-bond donors (Lipinski definition) is 0. The first-order chi connectivity index (χ1) is 6.79. The molecule has 1 heteroatoms. The first kappa shape index (κ1) is 9.97. The summed E-state index contributed by atoms with van der Waals surface area (Å²) in [5, 5.41) is 0. The van der Waals surface area contributed by atoms with Crippen molar-refractivity contribution in [3.05, 3.63) is 39.4 Å². The van der Waals surface area contributed by atoms with Crippen LogP contribution in [0.4, 0.5) is 0 Å². The van der Waals surface area contributed by atoms with Gasteiger partial charge in [-0.05, 0) is 42.5 Å². The van der Waals surface area contributed by atoms with E-state index in [4.69, 9.17) is 0 Å². The summed E-state index contributed by atoms with van der Waals surface area (Å²) in [6.45, 7) is 2.25. The summed E-state index contributed by atoms with van der Waals surface area (Å²) < 4.78 is 1.18. The molecule has 0 amide bonds. The van der Waals surface area contributed by atoms with Crippen molar-refractivity contribution < 1.29 is 0 Å². The van der Waals surface area contributed by atoms with Crippen LogP contribution in [0.3, 0.4) is 0 Å². The highest BCUT2D eigenvalue weighted by molar-refractivity contribution is 9.10. The van der Waals surface area contributed by atoms with E-state index in [1.165, 1.54) is 41.3 Å². The number of rotatable bonds is 3. The molecule has 0 spiro atoms. The zero-order valence-electron chi connectivity index (χ0n) is 8.52. The van der Waals surface area contributed by atoms with Crippen molar-refractivity contribution in [3.8, 4) is 0 Å². The van der Waals surface area contributed by atoms with Crippen molar-refractivity contribution >= 4 is 22.0 Å². The van der Waals surface area contributed by atoms with Crippen molar-refractivity contribution in [2.75, 3.05) is 0 Å². The van der Waals surface area contributed by atoms with Gasteiger partial charge in [0.1, 0.15) is 0 Å². The molecule has 0 atom stereocenters. The zero-order chi connectivity index (χ0) is 9.97. The molecule has 74 valence electrons. The average Bonchev–Trinajstić information content (AvgIpc) is 2.56. The standard InChI is InChI=1S/C13H15Br/c1-2-3-4-10-7-11-5-6-13(14)9-12(11)8-10/h5-6,8-9H,2-4,7H2,1H3. The topological polar surface area (TPSA) is 0 Å². The third-order valence-electron chi connectivity index (χ3n) is 2.74. The van der Waals surface area contributed by atoms with Crippen LogP contribution >= 0.6 is 15.9 Å². The first-order valence-electron chi connectivity index (χ1n) is 5.27. The molecule has 1 aliphatic rings. The molecule has 0 nitrogen and oxygen atoms in total. The molecule has 1 aromatic carbocycles. The van der Waals surface area contributed by atoms with E-state index < -0.39 is 0 Å². The number of hydrogen-bond acceptors (Lipinski definition) is 0. The minimum atomic E-state index is 1.17. The molecule has 1 aromatic rings. The van der Waals surface area contributed by atoms with E-state index in [0.717, 1.165) is 0 Å². The van der Waals surface area contributed by atoms with Crippen molar-refractivity contribution in [2.24, 2.45) is 0 Å². The summed E-state index contributed by atoms with van der Waals surface area (Å²) in [6.07, 6.45) is 7.40. The molecule has 0 fully saturated rings. The Morgan fingerprint density at radius 3 is 3.00 bits per heavy atom. The maximum Gasteiger partial charge on any atom is 0.0181 e. The van der Waals surface area contributed by atoms with Gasteiger partial charge in [0.15, 0.2) is 0 Å². The molecule has 0 saturated carbocycles. The Labute approximate surface area is 94.2 Å². The van der Waals surface area contributed by atoms with Crippen LogP contribution in [0.5, 0.6) is 0 Å². The molecule has 0 bridgehead atoms. The number of halogens is 1. The summed E-state index contributed by atoms with van der Waals surface area (Å²) in [5.74, 6) is 0. The Balaban J connectivity index is 2.13. The average molecular weight is 251 g/mol. The fourth-order valence-electron chi connectivity index (χ4n) is 1.94. The molecule has 0 unspecified atom stereocenters. The lowest BCUT2D eigenvalue weighted by atomic mass is 10.1. The molecule has 0 heterocycles. The molecule has 0 aromatic heterocycles. The maximum absolute atomic E-state index is 3.51. The van der Waals surface area contributed by atoms with Crippen LogP contribution in [0, 0.1) is 0 Å². The second-order valence-electron chi connectivity index (χ2n) is 3.93. The van der Waals surface area contributed by atoms with Gasteiger partial charge in [-0.25, -0.2) is 0 Å². The quantitative estimate of drug-likeness (QED) is 0.737. The molecule has 0 aliphatic heterocycles. The number of benzene rings is 1. The summed E-state index contributed by atoms with van der Waals surface area (Å²) in [4.78, 5) is 0. The second-order valence-corrected chi connectivity index (χ2v) is 4.84. The van der Waals surface area contributed by atoms with Crippen LogP contribution in [0.2, 0.25) is 0 Å². The Morgan fingerprint density at radius 2 is 2.21 bits per heavy atom. The van der Waals surface area contributed by atoms with Crippen LogP contribution in [-0.4, -0.2) is 0 Å². The molecule has 1 aliphatic carbocycles. The monoisotopic (exact) mass is 250 g/mol. The fourth-order valence-corrected chi connectivity index (χ4v) is 2.32. The third-order valence-corrected chi connectivity index (χ3v) is 3.23. The number of fused-ring (bicyclic) bond motifs is 1. The minimum absolute atomic E-state index is 1.17. The van der Waals surface area contributed by atoms with E-state index in [9.17, 15) is 0 Å². The van der Waals surface area contributed by atoms with E-state index >= 15 is 0 Å². The van der Waals surface area contributed by atoms with Gasteiger partial charge in [0, 0.05) is 4.47 Å². The summed E-state index contributed by atoms with van der Waals surface area (Å²) in [5.41, 5.74) is 4.49. The Kier molecular flexibility index (Phi) is 3.07. The van der Waals surface area contributed by atoms with Gasteiger partial charge in [-0.3, -0.25) is 0 Å². The van der Waals surface area contributed by atoms with Gasteiger partial charge in [-0.2, -0.15) is 0 Å². The van der Waals surface area contributed by atoms with E-state index in [0.29, 0.717) is 0 Å². The third kappa shape index (κ3) is 2.09. The lowest BCUT2D eigenvalue weighted by Crippen LogP contribution is -1.84. The van der Waals surface area contributed by atoms with Crippen LogP contribution in [-0.2, 0) is 6.42 Å². The Bertz CT molecular complexity index is 363. The van der Waals surface area contributed by atoms with Gasteiger partial charge in [0.05, 0.1) is 0 Å². The van der Waals surface area contributed by atoms with Crippen molar-refractivity contribution in [2.45, 2.75) is 32.6 Å². The van der Waals surface area contributed by atoms with E-state index in [1.54, 1.807) is 5.57 Å². The van der Waals surface area contributed by atoms with Crippen molar-refractivity contribution in [1.82, 2.24) is 0 Å². The van der Waals surface area contributed by atoms with Crippen molar-refractivity contribution in [1.29, 1.82) is 0 Å². The predicted octanol–water partition coefficient (Wildman–Crippen LogP) is 4.58. The largest absolute Gasteiger partial charge is 0.0654 e. The molecule has 0 saturated heterocycles. The van der Waals surface area contributed by atoms with Crippen LogP contribution < -0.4 is 0 Å². The highest BCUT2D eigenvalue weighted by atomic mass is 79.9. The molecule has 14 heavy (non-hydrogen) atoms. The van der Waals surface area contributed by atoms with Crippen LogP contribution in [0.25, 0.3) is 6.08 Å². The number of unbranched alkanes of at least 4 members (excludes halogenated alkanes) is 1. The van der Waals surface area contributed by atoms with Crippen LogP contribution in [0.1, 0.15) is 37.3 Å². The van der Waals surface area contributed by atoms with Crippen molar-refractivity contribution in [3.63, 3.8) is 0 Å². The lowest BCUT2D eigenvalue weighted by molar-refractivity contribution is 0.779. The number of allylic oxidation sites excluding steroid dienone is 1. The van der Waals surface area contributed by atoms with Gasteiger partial charge in [0.25, 0.3) is 0 Å². The van der Waals surface area contributed by atoms with Gasteiger partial charge in [-0.15, -0.1) is 0 Å². The second kappa shape index (κ2) is 4.31. The predicted molar refractivity (Wildman–Crippen MR) is 65.3 cm³/mol. The Hall–Kier alpha value is -0.560. The van der Waals surface area contributed by atoms with Gasteiger partial charge in [-0.1, -0.05) is 47.0 Å². The van der Waals surface area contributed by atoms with Gasteiger partial charge in [0.2, 0.25) is 0 Å².